The molecule has 0 radical (unpaired) electrons. The molecule has 4 rings (SSSR count). The maximum atomic E-state index is 13.9. The summed E-state index contributed by atoms with van der Waals surface area (Å²) in [4.78, 5) is 39.2. The number of amides is 3. The lowest BCUT2D eigenvalue weighted by Crippen LogP contribution is -2.46. The molecular formula is C22H20FN3O4S. The predicted octanol–water partition coefficient (Wildman–Crippen LogP) is 3.77. The van der Waals surface area contributed by atoms with E-state index in [1.807, 2.05) is 0 Å². The van der Waals surface area contributed by atoms with Gasteiger partial charge in [0.15, 0.2) is 5.76 Å². The smallest absolute Gasteiger partial charge is 0.291 e. The number of furan rings is 1. The van der Waals surface area contributed by atoms with Crippen molar-refractivity contribution in [1.82, 2.24) is 10.2 Å². The van der Waals surface area contributed by atoms with Crippen LogP contribution in [0.1, 0.15) is 43.4 Å². The van der Waals surface area contributed by atoms with Crippen molar-refractivity contribution in [2.75, 3.05) is 18.4 Å². The molecule has 1 fully saturated rings. The van der Waals surface area contributed by atoms with Gasteiger partial charge in [0.25, 0.3) is 17.7 Å². The van der Waals surface area contributed by atoms with Gasteiger partial charge in [-0.2, -0.15) is 0 Å². The van der Waals surface area contributed by atoms with Crippen LogP contribution in [-0.4, -0.2) is 41.8 Å². The average Bonchev–Trinajstić information content (AvgIpc) is 3.47. The summed E-state index contributed by atoms with van der Waals surface area (Å²) < 4.78 is 18.9. The predicted molar refractivity (Wildman–Crippen MR) is 114 cm³/mol. The number of carbonyl (C=O) groups is 3. The summed E-state index contributed by atoms with van der Waals surface area (Å²) in [5.41, 5.74) is 0.0627. The lowest BCUT2D eigenvalue weighted by atomic mass is 10.0. The lowest BCUT2D eigenvalue weighted by Gasteiger charge is -2.32. The Morgan fingerprint density at radius 2 is 1.77 bits per heavy atom. The van der Waals surface area contributed by atoms with E-state index in [-0.39, 0.29) is 35.1 Å². The van der Waals surface area contributed by atoms with Gasteiger partial charge in [-0.1, -0.05) is 12.1 Å². The monoisotopic (exact) mass is 441 g/mol. The number of halogens is 1. The number of hydrogen-bond donors (Lipinski definition) is 2. The van der Waals surface area contributed by atoms with Gasteiger partial charge in [-0.15, -0.1) is 11.3 Å². The molecule has 7 nitrogen and oxygen atoms in total. The van der Waals surface area contributed by atoms with Crippen molar-refractivity contribution in [3.05, 3.63) is 76.8 Å². The molecule has 0 spiro atoms. The molecule has 0 atom stereocenters. The Labute approximate surface area is 181 Å². The minimum Gasteiger partial charge on any atom is -0.459 e. The number of carbonyl (C=O) groups excluding carboxylic acids is 3. The van der Waals surface area contributed by atoms with Crippen LogP contribution in [0.25, 0.3) is 0 Å². The van der Waals surface area contributed by atoms with Crippen LogP contribution < -0.4 is 10.6 Å². The average molecular weight is 441 g/mol. The highest BCUT2D eigenvalue weighted by molar-refractivity contribution is 7.18. The molecular weight excluding hydrogens is 421 g/mol. The Kier molecular flexibility index (Phi) is 6.13. The van der Waals surface area contributed by atoms with E-state index in [0.717, 1.165) is 0 Å². The number of rotatable bonds is 5. The van der Waals surface area contributed by atoms with Crippen LogP contribution in [-0.2, 0) is 0 Å². The highest BCUT2D eigenvalue weighted by Crippen LogP contribution is 2.23. The number of anilines is 1. The number of hydrogen-bond acceptors (Lipinski definition) is 5. The molecule has 1 saturated heterocycles. The fourth-order valence-corrected chi connectivity index (χ4v) is 4.20. The maximum absolute atomic E-state index is 13.9. The molecule has 3 heterocycles. The van der Waals surface area contributed by atoms with Gasteiger partial charge in [0.05, 0.1) is 21.7 Å². The molecule has 0 bridgehead atoms. The number of benzene rings is 1. The van der Waals surface area contributed by atoms with E-state index in [1.54, 1.807) is 41.3 Å². The Bertz CT molecular complexity index is 1090. The van der Waals surface area contributed by atoms with Crippen molar-refractivity contribution >= 4 is 34.1 Å². The van der Waals surface area contributed by atoms with Gasteiger partial charge < -0.3 is 20.0 Å². The van der Waals surface area contributed by atoms with Crippen LogP contribution >= 0.6 is 11.3 Å². The molecule has 0 aliphatic carbocycles. The Balaban J connectivity index is 1.28. The van der Waals surface area contributed by atoms with Gasteiger partial charge in [-0.05, 0) is 49.2 Å². The summed E-state index contributed by atoms with van der Waals surface area (Å²) in [6.45, 7) is 0.875. The maximum Gasteiger partial charge on any atom is 0.291 e. The molecule has 1 aromatic carbocycles. The van der Waals surface area contributed by atoms with Crippen molar-refractivity contribution in [3.8, 4) is 0 Å². The lowest BCUT2D eigenvalue weighted by molar-refractivity contribution is 0.0693. The minimum atomic E-state index is -0.532. The van der Waals surface area contributed by atoms with Crippen molar-refractivity contribution in [2.24, 2.45) is 0 Å². The molecule has 9 heteroatoms. The number of nitrogens with one attached hydrogen (secondary N) is 2. The van der Waals surface area contributed by atoms with E-state index in [2.05, 4.69) is 10.6 Å². The quantitative estimate of drug-likeness (QED) is 0.631. The fraction of sp³-hybridized carbons (Fsp3) is 0.227. The third-order valence-electron chi connectivity index (χ3n) is 5.03. The van der Waals surface area contributed by atoms with Crippen LogP contribution in [0.2, 0.25) is 0 Å². The first-order valence-corrected chi connectivity index (χ1v) is 10.6. The fourth-order valence-electron chi connectivity index (χ4n) is 3.40. The second-order valence-electron chi connectivity index (χ2n) is 7.12. The van der Waals surface area contributed by atoms with E-state index < -0.39 is 5.82 Å². The zero-order chi connectivity index (χ0) is 21.8. The number of nitrogens with zero attached hydrogens (tertiary/aromatic N) is 1. The van der Waals surface area contributed by atoms with Crippen molar-refractivity contribution in [3.63, 3.8) is 0 Å². The van der Waals surface area contributed by atoms with E-state index in [1.165, 1.54) is 29.7 Å². The van der Waals surface area contributed by atoms with Crippen LogP contribution in [0, 0.1) is 5.82 Å². The molecule has 2 aromatic heterocycles. The largest absolute Gasteiger partial charge is 0.459 e. The number of piperidine rings is 1. The minimum absolute atomic E-state index is 0.0627. The van der Waals surface area contributed by atoms with Gasteiger partial charge in [0.2, 0.25) is 0 Å². The van der Waals surface area contributed by atoms with E-state index in [9.17, 15) is 18.8 Å². The molecule has 1 aliphatic rings. The third-order valence-corrected chi connectivity index (χ3v) is 6.03. The molecule has 1 aliphatic heterocycles. The second kappa shape index (κ2) is 9.13. The van der Waals surface area contributed by atoms with E-state index in [4.69, 9.17) is 4.42 Å². The van der Waals surface area contributed by atoms with Gasteiger partial charge in [0.1, 0.15) is 5.82 Å². The summed E-state index contributed by atoms with van der Waals surface area (Å²) in [5.74, 6) is -1.29. The first-order chi connectivity index (χ1) is 15.0. The first kappa shape index (κ1) is 20.8. The van der Waals surface area contributed by atoms with E-state index in [0.29, 0.717) is 35.8 Å². The topological polar surface area (TPSA) is 91.7 Å². The van der Waals surface area contributed by atoms with Gasteiger partial charge in [-0.3, -0.25) is 14.4 Å². The van der Waals surface area contributed by atoms with Crippen molar-refractivity contribution in [2.45, 2.75) is 18.9 Å². The molecule has 31 heavy (non-hydrogen) atoms. The summed E-state index contributed by atoms with van der Waals surface area (Å²) in [6.07, 6.45) is 2.58. The van der Waals surface area contributed by atoms with E-state index >= 15 is 0 Å². The van der Waals surface area contributed by atoms with Crippen LogP contribution in [0.5, 0.6) is 0 Å². The Morgan fingerprint density at radius 1 is 1.00 bits per heavy atom. The van der Waals surface area contributed by atoms with Gasteiger partial charge in [0, 0.05) is 19.1 Å². The molecule has 2 N–H and O–H groups in total. The Morgan fingerprint density at radius 3 is 2.48 bits per heavy atom. The molecule has 0 saturated carbocycles. The SMILES string of the molecule is O=C(Nc1ccc(C(=O)NC2CCN(C(=O)c3ccccc3F)CC2)s1)c1ccco1. The molecule has 160 valence electrons. The highest BCUT2D eigenvalue weighted by atomic mass is 32.1. The number of thiophene rings is 1. The number of likely N-dealkylation sites (tertiary alicyclic amines) is 1. The van der Waals surface area contributed by atoms with Crippen LogP contribution in [0.15, 0.2) is 59.2 Å². The summed E-state index contributed by atoms with van der Waals surface area (Å²) in [7, 11) is 0. The zero-order valence-electron chi connectivity index (χ0n) is 16.5. The van der Waals surface area contributed by atoms with Gasteiger partial charge in [-0.25, -0.2) is 4.39 Å². The zero-order valence-corrected chi connectivity index (χ0v) is 17.3. The van der Waals surface area contributed by atoms with Crippen molar-refractivity contribution in [1.29, 1.82) is 0 Å². The standard InChI is InChI=1S/C22H20FN3O4S/c23-16-5-2-1-4-15(16)22(29)26-11-9-14(10-12-26)24-21(28)18-7-8-19(31-18)25-20(27)17-6-3-13-30-17/h1-8,13-14H,9-12H2,(H,24,28)(H,25,27). The summed E-state index contributed by atoms with van der Waals surface area (Å²) in [5, 5.41) is 6.20. The summed E-state index contributed by atoms with van der Waals surface area (Å²) in [6, 6.07) is 12.3. The first-order valence-electron chi connectivity index (χ1n) is 9.80. The normalized spacial score (nSPS) is 14.3. The van der Waals surface area contributed by atoms with Crippen LogP contribution in [0.4, 0.5) is 9.39 Å². The molecule has 3 aromatic rings. The molecule has 3 amide bonds. The Hall–Kier alpha value is -3.46. The second-order valence-corrected chi connectivity index (χ2v) is 8.20. The van der Waals surface area contributed by atoms with Crippen molar-refractivity contribution < 1.29 is 23.2 Å². The summed E-state index contributed by atoms with van der Waals surface area (Å²) >= 11 is 1.17. The highest BCUT2D eigenvalue weighted by Gasteiger charge is 2.26. The molecule has 0 unspecified atom stereocenters. The van der Waals surface area contributed by atoms with Crippen LogP contribution in [0.3, 0.4) is 0 Å². The van der Waals surface area contributed by atoms with Gasteiger partial charge >= 0.3 is 0 Å². The third kappa shape index (κ3) is 4.83.